The van der Waals surface area contributed by atoms with E-state index in [2.05, 4.69) is 9.97 Å². The van der Waals surface area contributed by atoms with Crippen molar-refractivity contribution >= 4 is 32.6 Å². The summed E-state index contributed by atoms with van der Waals surface area (Å²) in [6.07, 6.45) is 1.78. The highest BCUT2D eigenvalue weighted by molar-refractivity contribution is 7.21. The molecule has 0 bridgehead atoms. The van der Waals surface area contributed by atoms with Crippen molar-refractivity contribution in [2.45, 2.75) is 6.92 Å². The molecule has 3 rings (SSSR count). The summed E-state index contributed by atoms with van der Waals surface area (Å²) < 4.78 is 0. The summed E-state index contributed by atoms with van der Waals surface area (Å²) in [6.45, 7) is 1.56. The molecule has 94 valence electrons. The van der Waals surface area contributed by atoms with Crippen LogP contribution in [0.4, 0.5) is 5.13 Å². The summed E-state index contributed by atoms with van der Waals surface area (Å²) in [5.74, 6) is 0.0498. The molecule has 2 aromatic heterocycles. The molecule has 4 nitrogen and oxygen atoms in total. The van der Waals surface area contributed by atoms with Gasteiger partial charge in [0, 0.05) is 17.3 Å². The number of pyridine rings is 1. The number of benzene rings is 1. The molecule has 0 atom stereocenters. The number of Topliss-reactive ketones (excluding diaryl/α,β-unsaturated/α-hetero) is 1. The fraction of sp³-hybridized carbons (Fsp3) is 0.0714. The third kappa shape index (κ3) is 2.20. The molecule has 5 heteroatoms. The summed E-state index contributed by atoms with van der Waals surface area (Å²) >= 11 is 1.37. The first-order valence-electron chi connectivity index (χ1n) is 5.77. The van der Waals surface area contributed by atoms with Gasteiger partial charge in [0.1, 0.15) is 10.3 Å². The first kappa shape index (κ1) is 11.8. The van der Waals surface area contributed by atoms with E-state index in [9.17, 15) is 4.79 Å². The van der Waals surface area contributed by atoms with E-state index in [0.717, 1.165) is 21.5 Å². The quantitative estimate of drug-likeness (QED) is 0.726. The van der Waals surface area contributed by atoms with Crippen LogP contribution < -0.4 is 5.73 Å². The van der Waals surface area contributed by atoms with Gasteiger partial charge in [0.25, 0.3) is 0 Å². The Morgan fingerprint density at radius 1 is 1.26 bits per heavy atom. The van der Waals surface area contributed by atoms with Crippen LogP contribution in [0.1, 0.15) is 17.3 Å². The van der Waals surface area contributed by atoms with Gasteiger partial charge in [-0.2, -0.15) is 0 Å². The van der Waals surface area contributed by atoms with E-state index < -0.39 is 0 Å². The number of carbonyl (C=O) groups excluding carboxylic acids is 1. The molecule has 0 fully saturated rings. The average molecular weight is 269 g/mol. The highest BCUT2D eigenvalue weighted by atomic mass is 32.1. The zero-order valence-electron chi connectivity index (χ0n) is 10.3. The van der Waals surface area contributed by atoms with Crippen molar-refractivity contribution in [1.29, 1.82) is 0 Å². The Morgan fingerprint density at radius 3 is 2.89 bits per heavy atom. The topological polar surface area (TPSA) is 68.9 Å². The third-order valence-electron chi connectivity index (χ3n) is 2.87. The van der Waals surface area contributed by atoms with Crippen LogP contribution in [0.2, 0.25) is 0 Å². The number of rotatable bonds is 2. The van der Waals surface area contributed by atoms with Crippen LogP contribution in [0, 0.1) is 0 Å². The van der Waals surface area contributed by atoms with E-state index in [0.29, 0.717) is 10.7 Å². The van der Waals surface area contributed by atoms with Crippen molar-refractivity contribution in [2.75, 3.05) is 5.73 Å². The normalized spacial score (nSPS) is 10.8. The zero-order valence-corrected chi connectivity index (χ0v) is 11.1. The van der Waals surface area contributed by atoms with Crippen LogP contribution in [0.5, 0.6) is 0 Å². The number of fused-ring (bicyclic) bond motifs is 1. The van der Waals surface area contributed by atoms with Crippen molar-refractivity contribution in [1.82, 2.24) is 9.97 Å². The van der Waals surface area contributed by atoms with Gasteiger partial charge in [-0.3, -0.25) is 4.79 Å². The largest absolute Gasteiger partial charge is 0.375 e. The number of nitrogens with two attached hydrogens (primary N) is 1. The number of nitrogens with zero attached hydrogens (tertiary/aromatic N) is 2. The van der Waals surface area contributed by atoms with E-state index in [1.165, 1.54) is 11.3 Å². The van der Waals surface area contributed by atoms with Crippen molar-refractivity contribution in [3.63, 3.8) is 0 Å². The van der Waals surface area contributed by atoms with E-state index in [1.807, 2.05) is 24.3 Å². The van der Waals surface area contributed by atoms with Gasteiger partial charge in [-0.05, 0) is 24.6 Å². The van der Waals surface area contributed by atoms with Crippen LogP contribution in [-0.2, 0) is 0 Å². The number of ketones is 1. The highest BCUT2D eigenvalue weighted by Gasteiger charge is 2.07. The van der Waals surface area contributed by atoms with Crippen molar-refractivity contribution in [3.8, 4) is 11.1 Å². The SMILES string of the molecule is CC(=O)c1cccc(-c2cnc3sc(N)nc3c2)c1. The fourth-order valence-corrected chi connectivity index (χ4v) is 2.57. The predicted molar refractivity (Wildman–Crippen MR) is 77.3 cm³/mol. The Labute approximate surface area is 113 Å². The standard InChI is InChI=1S/C14H11N3OS/c1-8(18)9-3-2-4-10(5-9)11-6-12-13(16-7-11)19-14(15)17-12/h2-7H,1H3,(H2,15,17). The van der Waals surface area contributed by atoms with Gasteiger partial charge in [0.05, 0.1) is 0 Å². The van der Waals surface area contributed by atoms with Crippen LogP contribution >= 0.6 is 11.3 Å². The second kappa shape index (κ2) is 4.44. The van der Waals surface area contributed by atoms with Crippen LogP contribution in [0.15, 0.2) is 36.5 Å². The lowest BCUT2D eigenvalue weighted by Crippen LogP contribution is -1.92. The van der Waals surface area contributed by atoms with Crippen molar-refractivity contribution in [2.24, 2.45) is 0 Å². The number of thiazole rings is 1. The molecular formula is C14H11N3OS. The Balaban J connectivity index is 2.12. The van der Waals surface area contributed by atoms with Gasteiger partial charge in [-0.15, -0.1) is 0 Å². The van der Waals surface area contributed by atoms with Gasteiger partial charge in [0.2, 0.25) is 0 Å². The van der Waals surface area contributed by atoms with Gasteiger partial charge in [-0.25, -0.2) is 9.97 Å². The Bertz CT molecular complexity index is 779. The van der Waals surface area contributed by atoms with Crippen LogP contribution in [0.25, 0.3) is 21.5 Å². The van der Waals surface area contributed by atoms with Crippen molar-refractivity contribution < 1.29 is 4.79 Å². The Morgan fingerprint density at radius 2 is 2.11 bits per heavy atom. The molecule has 0 amide bonds. The first-order valence-corrected chi connectivity index (χ1v) is 6.58. The summed E-state index contributed by atoms with van der Waals surface area (Å²) in [5.41, 5.74) is 9.03. The van der Waals surface area contributed by atoms with Crippen LogP contribution in [-0.4, -0.2) is 15.8 Å². The number of hydrogen-bond acceptors (Lipinski definition) is 5. The molecule has 0 unspecified atom stereocenters. The predicted octanol–water partition coefficient (Wildman–Crippen LogP) is 3.14. The molecule has 1 aromatic carbocycles. The van der Waals surface area contributed by atoms with E-state index >= 15 is 0 Å². The molecular weight excluding hydrogens is 258 g/mol. The summed E-state index contributed by atoms with van der Waals surface area (Å²) in [7, 11) is 0. The minimum atomic E-state index is 0.0498. The first-order chi connectivity index (χ1) is 9.13. The van der Waals surface area contributed by atoms with Gasteiger partial charge in [-0.1, -0.05) is 29.5 Å². The number of hydrogen-bond donors (Lipinski definition) is 1. The molecule has 0 spiro atoms. The maximum Gasteiger partial charge on any atom is 0.182 e. The molecule has 0 aliphatic carbocycles. The van der Waals surface area contributed by atoms with E-state index in [4.69, 9.17) is 5.73 Å². The average Bonchev–Trinajstić information content (AvgIpc) is 2.77. The lowest BCUT2D eigenvalue weighted by Gasteiger charge is -2.03. The summed E-state index contributed by atoms with van der Waals surface area (Å²) in [4.78, 5) is 20.8. The minimum Gasteiger partial charge on any atom is -0.375 e. The molecule has 3 aromatic rings. The molecule has 2 N–H and O–H groups in total. The second-order valence-electron chi connectivity index (χ2n) is 4.24. The van der Waals surface area contributed by atoms with Gasteiger partial charge in [0.15, 0.2) is 10.9 Å². The van der Waals surface area contributed by atoms with Gasteiger partial charge >= 0.3 is 0 Å². The third-order valence-corrected chi connectivity index (χ3v) is 3.67. The molecule has 19 heavy (non-hydrogen) atoms. The Kier molecular flexibility index (Phi) is 2.76. The van der Waals surface area contributed by atoms with Gasteiger partial charge < -0.3 is 5.73 Å². The number of aromatic nitrogens is 2. The second-order valence-corrected chi connectivity index (χ2v) is 5.25. The summed E-state index contributed by atoms with van der Waals surface area (Å²) in [5, 5.41) is 0.511. The molecule has 0 saturated heterocycles. The summed E-state index contributed by atoms with van der Waals surface area (Å²) in [6, 6.07) is 9.42. The fourth-order valence-electron chi connectivity index (χ4n) is 1.92. The monoisotopic (exact) mass is 269 g/mol. The zero-order chi connectivity index (χ0) is 13.4. The molecule has 0 radical (unpaired) electrons. The maximum atomic E-state index is 11.4. The number of anilines is 1. The lowest BCUT2D eigenvalue weighted by molar-refractivity contribution is 0.101. The Hall–Kier alpha value is -2.27. The number of carbonyl (C=O) groups is 1. The maximum absolute atomic E-state index is 11.4. The molecule has 0 saturated carbocycles. The van der Waals surface area contributed by atoms with E-state index in [-0.39, 0.29) is 5.78 Å². The lowest BCUT2D eigenvalue weighted by atomic mass is 10.0. The smallest absolute Gasteiger partial charge is 0.182 e. The molecule has 2 heterocycles. The highest BCUT2D eigenvalue weighted by Crippen LogP contribution is 2.27. The van der Waals surface area contributed by atoms with Crippen LogP contribution in [0.3, 0.4) is 0 Å². The molecule has 0 aliphatic heterocycles. The number of nitrogen functional groups attached to an aromatic ring is 1. The van der Waals surface area contributed by atoms with Crippen molar-refractivity contribution in [3.05, 3.63) is 42.1 Å². The molecule has 0 aliphatic rings. The van der Waals surface area contributed by atoms with E-state index in [1.54, 1.807) is 19.2 Å². The minimum absolute atomic E-state index is 0.0498.